The smallest absolute Gasteiger partial charge is 0.225 e. The lowest BCUT2D eigenvalue weighted by atomic mass is 10.2. The summed E-state index contributed by atoms with van der Waals surface area (Å²) in [5, 5.41) is 0. The molecule has 1 aromatic heterocycles. The third-order valence-electron chi connectivity index (χ3n) is 2.96. The minimum atomic E-state index is -0.662. The number of halogens is 1. The molecule has 3 nitrogen and oxygen atoms in total. The quantitative estimate of drug-likeness (QED) is 0.568. The van der Waals surface area contributed by atoms with Gasteiger partial charge in [-0.3, -0.25) is 4.79 Å². The van der Waals surface area contributed by atoms with Crippen molar-refractivity contribution in [3.8, 4) is 0 Å². The van der Waals surface area contributed by atoms with Gasteiger partial charge in [-0.15, -0.1) is 0 Å². The number of nitrogens with zero attached hydrogens (tertiary/aromatic N) is 2. The lowest BCUT2D eigenvalue weighted by Crippen LogP contribution is -2.21. The summed E-state index contributed by atoms with van der Waals surface area (Å²) in [6, 6.07) is 3.24. The van der Waals surface area contributed by atoms with Crippen molar-refractivity contribution < 1.29 is 9.18 Å². The molecule has 0 aromatic carbocycles. The van der Waals surface area contributed by atoms with Crippen LogP contribution in [-0.2, 0) is 0 Å². The largest absolute Gasteiger partial charge is 0.356 e. The van der Waals surface area contributed by atoms with Gasteiger partial charge in [0, 0.05) is 13.1 Å². The van der Waals surface area contributed by atoms with Crippen molar-refractivity contribution in [3.63, 3.8) is 0 Å². The topological polar surface area (TPSA) is 33.2 Å². The second-order valence-electron chi connectivity index (χ2n) is 4.40. The van der Waals surface area contributed by atoms with Crippen molar-refractivity contribution in [2.45, 2.75) is 20.3 Å². The molecular weight excluding hydrogens is 207 g/mol. The van der Waals surface area contributed by atoms with Gasteiger partial charge in [-0.2, -0.15) is 4.39 Å². The molecule has 4 heteroatoms. The number of hydrogen-bond donors (Lipinski definition) is 0. The van der Waals surface area contributed by atoms with Gasteiger partial charge < -0.3 is 4.90 Å². The number of carbonyl (C=O) groups excluding carboxylic acids is 1. The number of hydrogen-bond acceptors (Lipinski definition) is 3. The zero-order chi connectivity index (χ0) is 11.7. The van der Waals surface area contributed by atoms with Gasteiger partial charge in [0.1, 0.15) is 5.82 Å². The van der Waals surface area contributed by atoms with Crippen LogP contribution in [0.15, 0.2) is 12.1 Å². The fourth-order valence-corrected chi connectivity index (χ4v) is 2.01. The van der Waals surface area contributed by atoms with Crippen LogP contribution in [0.5, 0.6) is 0 Å². The van der Waals surface area contributed by atoms with E-state index in [1.807, 2.05) is 0 Å². The van der Waals surface area contributed by atoms with Gasteiger partial charge in [-0.25, -0.2) is 4.98 Å². The number of pyridine rings is 1. The molecule has 1 atom stereocenters. The molecule has 0 radical (unpaired) electrons. The summed E-state index contributed by atoms with van der Waals surface area (Å²) in [5.74, 6) is 0.306. The van der Waals surface area contributed by atoms with Crippen LogP contribution in [0.25, 0.3) is 0 Å². The van der Waals surface area contributed by atoms with Gasteiger partial charge in [0.15, 0.2) is 5.78 Å². The Balaban J connectivity index is 2.24. The van der Waals surface area contributed by atoms with E-state index < -0.39 is 5.95 Å². The number of anilines is 1. The molecule has 1 aliphatic heterocycles. The number of aromatic nitrogens is 1. The Kier molecular flexibility index (Phi) is 2.90. The lowest BCUT2D eigenvalue weighted by Gasteiger charge is -2.17. The molecule has 1 unspecified atom stereocenters. The fraction of sp³-hybridized carbons (Fsp3) is 0.500. The van der Waals surface area contributed by atoms with Crippen LogP contribution in [-0.4, -0.2) is 23.9 Å². The van der Waals surface area contributed by atoms with Crippen molar-refractivity contribution in [2.24, 2.45) is 5.92 Å². The Labute approximate surface area is 94.3 Å². The highest BCUT2D eigenvalue weighted by molar-refractivity contribution is 5.94. The van der Waals surface area contributed by atoms with Crippen molar-refractivity contribution in [1.29, 1.82) is 0 Å². The Morgan fingerprint density at radius 2 is 2.31 bits per heavy atom. The molecule has 1 aliphatic rings. The Morgan fingerprint density at radius 3 is 2.81 bits per heavy atom. The third kappa shape index (κ3) is 2.05. The van der Waals surface area contributed by atoms with E-state index in [0.29, 0.717) is 11.7 Å². The molecule has 0 N–H and O–H groups in total. The first kappa shape index (κ1) is 11.0. The van der Waals surface area contributed by atoms with Gasteiger partial charge in [0.25, 0.3) is 0 Å². The first-order valence-corrected chi connectivity index (χ1v) is 5.50. The second kappa shape index (κ2) is 4.20. The van der Waals surface area contributed by atoms with Crippen molar-refractivity contribution in [1.82, 2.24) is 4.98 Å². The Morgan fingerprint density at radius 1 is 1.56 bits per heavy atom. The SMILES string of the molecule is CC(=O)c1ccc(N2CCC(C)C2)nc1F. The normalized spacial score (nSPS) is 20.2. The molecule has 16 heavy (non-hydrogen) atoms. The number of ketones is 1. The second-order valence-corrected chi connectivity index (χ2v) is 4.40. The number of carbonyl (C=O) groups is 1. The molecule has 0 amide bonds. The summed E-state index contributed by atoms with van der Waals surface area (Å²) in [6.45, 7) is 5.33. The van der Waals surface area contributed by atoms with Crippen LogP contribution in [0.4, 0.5) is 10.2 Å². The predicted molar refractivity (Wildman–Crippen MR) is 60.2 cm³/mol. The van der Waals surface area contributed by atoms with Gasteiger partial charge in [-0.05, 0) is 31.4 Å². The molecule has 0 aliphatic carbocycles. The molecule has 0 bridgehead atoms. The van der Waals surface area contributed by atoms with Gasteiger partial charge >= 0.3 is 0 Å². The van der Waals surface area contributed by atoms with E-state index >= 15 is 0 Å². The van der Waals surface area contributed by atoms with Crippen LogP contribution < -0.4 is 4.90 Å². The summed E-state index contributed by atoms with van der Waals surface area (Å²) < 4.78 is 13.5. The van der Waals surface area contributed by atoms with Crippen LogP contribution in [0.2, 0.25) is 0 Å². The summed E-state index contributed by atoms with van der Waals surface area (Å²) in [6.07, 6.45) is 1.11. The van der Waals surface area contributed by atoms with E-state index in [1.54, 1.807) is 6.07 Å². The summed E-state index contributed by atoms with van der Waals surface area (Å²) in [5.41, 5.74) is 0.0657. The molecule has 0 saturated carbocycles. The van der Waals surface area contributed by atoms with Crippen LogP contribution in [0.1, 0.15) is 30.6 Å². The Hall–Kier alpha value is -1.45. The zero-order valence-corrected chi connectivity index (χ0v) is 9.53. The first-order chi connectivity index (χ1) is 7.58. The summed E-state index contributed by atoms with van der Waals surface area (Å²) in [4.78, 5) is 17.0. The van der Waals surface area contributed by atoms with Crippen molar-refractivity contribution in [3.05, 3.63) is 23.6 Å². The molecule has 86 valence electrons. The molecule has 2 heterocycles. The van der Waals surface area contributed by atoms with Crippen molar-refractivity contribution in [2.75, 3.05) is 18.0 Å². The molecular formula is C12H15FN2O. The average molecular weight is 222 g/mol. The maximum absolute atomic E-state index is 13.5. The van der Waals surface area contributed by atoms with Crippen molar-refractivity contribution >= 4 is 11.6 Å². The molecule has 0 spiro atoms. The lowest BCUT2D eigenvalue weighted by molar-refractivity contribution is 0.101. The van der Waals surface area contributed by atoms with Gasteiger partial charge in [0.05, 0.1) is 5.56 Å². The van der Waals surface area contributed by atoms with Crippen LogP contribution in [0.3, 0.4) is 0 Å². The highest BCUT2D eigenvalue weighted by Gasteiger charge is 2.21. The van der Waals surface area contributed by atoms with Gasteiger partial charge in [-0.1, -0.05) is 6.92 Å². The predicted octanol–water partition coefficient (Wildman–Crippen LogP) is 2.27. The van der Waals surface area contributed by atoms with E-state index in [-0.39, 0.29) is 11.3 Å². The van der Waals surface area contributed by atoms with Crippen LogP contribution >= 0.6 is 0 Å². The number of Topliss-reactive ketones (excluding diaryl/α,β-unsaturated/α-hetero) is 1. The average Bonchev–Trinajstić information content (AvgIpc) is 2.64. The highest BCUT2D eigenvalue weighted by atomic mass is 19.1. The monoisotopic (exact) mass is 222 g/mol. The molecule has 1 fully saturated rings. The fourth-order valence-electron chi connectivity index (χ4n) is 2.01. The highest BCUT2D eigenvalue weighted by Crippen LogP contribution is 2.22. The summed E-state index contributed by atoms with van der Waals surface area (Å²) >= 11 is 0. The first-order valence-electron chi connectivity index (χ1n) is 5.50. The zero-order valence-electron chi connectivity index (χ0n) is 9.53. The molecule has 2 rings (SSSR count). The molecule has 1 aromatic rings. The standard InChI is InChI=1S/C12H15FN2O/c1-8-5-6-15(7-8)11-4-3-10(9(2)16)12(13)14-11/h3-4,8H,5-7H2,1-2H3. The maximum atomic E-state index is 13.5. The number of rotatable bonds is 2. The Bertz CT molecular complexity index is 419. The molecule has 1 saturated heterocycles. The minimum Gasteiger partial charge on any atom is -0.356 e. The van der Waals surface area contributed by atoms with E-state index in [4.69, 9.17) is 0 Å². The minimum absolute atomic E-state index is 0.0657. The van der Waals surface area contributed by atoms with E-state index in [1.165, 1.54) is 13.0 Å². The van der Waals surface area contributed by atoms with Gasteiger partial charge in [0.2, 0.25) is 5.95 Å². The van der Waals surface area contributed by atoms with Crippen LogP contribution in [0, 0.1) is 11.9 Å². The van der Waals surface area contributed by atoms with E-state index in [9.17, 15) is 9.18 Å². The summed E-state index contributed by atoms with van der Waals surface area (Å²) in [7, 11) is 0. The van der Waals surface area contributed by atoms with E-state index in [2.05, 4.69) is 16.8 Å². The third-order valence-corrected chi connectivity index (χ3v) is 2.96. The van der Waals surface area contributed by atoms with E-state index in [0.717, 1.165) is 19.5 Å². The maximum Gasteiger partial charge on any atom is 0.225 e.